The maximum absolute atomic E-state index is 12.2. The van der Waals surface area contributed by atoms with Crippen LogP contribution in [0.3, 0.4) is 0 Å². The standard InChI is InChI=1S/C19H27N5O2.ClH/c1-14(2)16-5-3-4-6-18(16)26-12-11-21-19(25)17-13-24(23-22-17)15-7-9-20-10-8-15;/h3-6,13-15,20H,7-12H2,1-2H3,(H,21,25);1H. The molecule has 0 aliphatic carbocycles. The van der Waals surface area contributed by atoms with Crippen molar-refractivity contribution in [2.24, 2.45) is 0 Å². The number of aromatic nitrogens is 3. The summed E-state index contributed by atoms with van der Waals surface area (Å²) in [6, 6.07) is 8.31. The van der Waals surface area contributed by atoms with Crippen LogP contribution in [-0.4, -0.2) is 47.1 Å². The summed E-state index contributed by atoms with van der Waals surface area (Å²) >= 11 is 0. The first-order chi connectivity index (χ1) is 12.6. The van der Waals surface area contributed by atoms with Gasteiger partial charge >= 0.3 is 0 Å². The van der Waals surface area contributed by atoms with Crippen molar-refractivity contribution in [3.8, 4) is 5.75 Å². The summed E-state index contributed by atoms with van der Waals surface area (Å²) in [7, 11) is 0. The number of nitrogens with zero attached hydrogens (tertiary/aromatic N) is 3. The number of benzene rings is 1. The van der Waals surface area contributed by atoms with Crippen LogP contribution in [0.5, 0.6) is 5.75 Å². The van der Waals surface area contributed by atoms with E-state index >= 15 is 0 Å². The summed E-state index contributed by atoms with van der Waals surface area (Å²) in [4.78, 5) is 12.2. The minimum absolute atomic E-state index is 0. The molecule has 1 aliphatic rings. The minimum atomic E-state index is -0.217. The quantitative estimate of drug-likeness (QED) is 0.706. The average Bonchev–Trinajstić information content (AvgIpc) is 3.16. The van der Waals surface area contributed by atoms with Gasteiger partial charge in [0.15, 0.2) is 5.69 Å². The van der Waals surface area contributed by atoms with E-state index in [0.29, 0.717) is 30.8 Å². The van der Waals surface area contributed by atoms with Gasteiger partial charge in [-0.2, -0.15) is 0 Å². The predicted molar refractivity (Wildman–Crippen MR) is 107 cm³/mol. The van der Waals surface area contributed by atoms with Crippen LogP contribution >= 0.6 is 12.4 Å². The fourth-order valence-electron chi connectivity index (χ4n) is 3.14. The molecule has 1 amide bonds. The van der Waals surface area contributed by atoms with Crippen molar-refractivity contribution < 1.29 is 9.53 Å². The molecule has 0 unspecified atom stereocenters. The van der Waals surface area contributed by atoms with Crippen LogP contribution in [0.25, 0.3) is 0 Å². The number of piperidine rings is 1. The molecule has 1 aromatic heterocycles. The molecule has 27 heavy (non-hydrogen) atoms. The Kier molecular flexibility index (Phi) is 8.06. The topological polar surface area (TPSA) is 81.1 Å². The van der Waals surface area contributed by atoms with E-state index in [9.17, 15) is 4.79 Å². The molecule has 8 heteroatoms. The monoisotopic (exact) mass is 393 g/mol. The lowest BCUT2D eigenvalue weighted by Crippen LogP contribution is -2.30. The molecule has 1 saturated heterocycles. The molecule has 0 spiro atoms. The molecule has 0 saturated carbocycles. The second-order valence-electron chi connectivity index (χ2n) is 6.86. The number of hydrogen-bond acceptors (Lipinski definition) is 5. The Morgan fingerprint density at radius 2 is 2.07 bits per heavy atom. The number of carbonyl (C=O) groups is 1. The summed E-state index contributed by atoms with van der Waals surface area (Å²) in [5.74, 6) is 1.05. The summed E-state index contributed by atoms with van der Waals surface area (Å²) in [5.41, 5.74) is 1.52. The number of ether oxygens (including phenoxy) is 1. The number of hydrogen-bond donors (Lipinski definition) is 2. The number of halogens is 1. The van der Waals surface area contributed by atoms with E-state index in [1.165, 1.54) is 5.56 Å². The molecule has 148 valence electrons. The zero-order valence-corrected chi connectivity index (χ0v) is 16.7. The first-order valence-electron chi connectivity index (χ1n) is 9.27. The Hall–Kier alpha value is -2.12. The number of carbonyl (C=O) groups excluding carboxylic acids is 1. The minimum Gasteiger partial charge on any atom is -0.491 e. The first kappa shape index (κ1) is 21.2. The third-order valence-electron chi connectivity index (χ3n) is 4.61. The van der Waals surface area contributed by atoms with Crippen molar-refractivity contribution in [1.29, 1.82) is 0 Å². The fourth-order valence-corrected chi connectivity index (χ4v) is 3.14. The number of rotatable bonds is 7. The molecule has 2 heterocycles. The number of para-hydroxylation sites is 1. The van der Waals surface area contributed by atoms with Gasteiger partial charge in [-0.1, -0.05) is 37.3 Å². The highest BCUT2D eigenvalue weighted by atomic mass is 35.5. The van der Waals surface area contributed by atoms with Crippen LogP contribution in [0.2, 0.25) is 0 Å². The van der Waals surface area contributed by atoms with Crippen molar-refractivity contribution >= 4 is 18.3 Å². The molecule has 1 aliphatic heterocycles. The van der Waals surface area contributed by atoms with Gasteiger partial charge in [0.25, 0.3) is 5.91 Å². The van der Waals surface area contributed by atoms with Crippen LogP contribution < -0.4 is 15.4 Å². The maximum Gasteiger partial charge on any atom is 0.273 e. The van der Waals surface area contributed by atoms with Crippen molar-refractivity contribution in [3.63, 3.8) is 0 Å². The van der Waals surface area contributed by atoms with Crippen molar-refractivity contribution in [2.75, 3.05) is 26.2 Å². The average molecular weight is 394 g/mol. The largest absolute Gasteiger partial charge is 0.491 e. The Morgan fingerprint density at radius 3 is 2.81 bits per heavy atom. The Morgan fingerprint density at radius 1 is 1.33 bits per heavy atom. The van der Waals surface area contributed by atoms with Gasteiger partial charge in [-0.05, 0) is 43.5 Å². The Bertz CT molecular complexity index is 728. The predicted octanol–water partition coefficient (Wildman–Crippen LogP) is 2.56. The molecule has 0 radical (unpaired) electrons. The molecule has 0 atom stereocenters. The molecule has 7 nitrogen and oxygen atoms in total. The summed E-state index contributed by atoms with van der Waals surface area (Å²) in [5, 5.41) is 14.3. The van der Waals surface area contributed by atoms with Gasteiger partial charge in [0.05, 0.1) is 18.8 Å². The molecule has 0 bridgehead atoms. The summed E-state index contributed by atoms with van der Waals surface area (Å²) in [6.45, 7) is 7.05. The second-order valence-corrected chi connectivity index (χ2v) is 6.86. The van der Waals surface area contributed by atoms with Crippen LogP contribution in [0, 0.1) is 0 Å². The van der Waals surface area contributed by atoms with Crippen molar-refractivity contribution in [2.45, 2.75) is 38.6 Å². The number of nitrogens with one attached hydrogen (secondary N) is 2. The van der Waals surface area contributed by atoms with Crippen LogP contribution in [0.4, 0.5) is 0 Å². The fraction of sp³-hybridized carbons (Fsp3) is 0.526. The van der Waals surface area contributed by atoms with Crippen LogP contribution in [-0.2, 0) is 0 Å². The lowest BCUT2D eigenvalue weighted by atomic mass is 10.0. The van der Waals surface area contributed by atoms with E-state index < -0.39 is 0 Å². The molecule has 2 aromatic rings. The van der Waals surface area contributed by atoms with Gasteiger partial charge in [-0.3, -0.25) is 4.79 Å². The third-order valence-corrected chi connectivity index (χ3v) is 4.61. The van der Waals surface area contributed by atoms with Crippen molar-refractivity contribution in [1.82, 2.24) is 25.6 Å². The highest BCUT2D eigenvalue weighted by molar-refractivity contribution is 5.91. The summed E-state index contributed by atoms with van der Waals surface area (Å²) in [6.07, 6.45) is 3.75. The first-order valence-corrected chi connectivity index (χ1v) is 9.27. The van der Waals surface area contributed by atoms with E-state index in [1.807, 2.05) is 22.9 Å². The molecular formula is C19H28ClN5O2. The van der Waals surface area contributed by atoms with E-state index in [4.69, 9.17) is 4.74 Å². The zero-order valence-electron chi connectivity index (χ0n) is 15.9. The van der Waals surface area contributed by atoms with Crippen LogP contribution in [0.15, 0.2) is 30.5 Å². The van der Waals surface area contributed by atoms with E-state index in [2.05, 4.69) is 40.9 Å². The smallest absolute Gasteiger partial charge is 0.273 e. The van der Waals surface area contributed by atoms with Gasteiger partial charge < -0.3 is 15.4 Å². The highest BCUT2D eigenvalue weighted by Crippen LogP contribution is 2.25. The summed E-state index contributed by atoms with van der Waals surface area (Å²) < 4.78 is 7.63. The molecular weight excluding hydrogens is 366 g/mol. The van der Waals surface area contributed by atoms with Gasteiger partial charge in [-0.25, -0.2) is 4.68 Å². The van der Waals surface area contributed by atoms with Gasteiger partial charge in [0, 0.05) is 0 Å². The van der Waals surface area contributed by atoms with Gasteiger partial charge in [0.2, 0.25) is 0 Å². The van der Waals surface area contributed by atoms with Gasteiger partial charge in [0.1, 0.15) is 12.4 Å². The highest BCUT2D eigenvalue weighted by Gasteiger charge is 2.18. The Labute approximate surface area is 166 Å². The molecule has 3 rings (SSSR count). The van der Waals surface area contributed by atoms with Crippen molar-refractivity contribution in [3.05, 3.63) is 41.7 Å². The molecule has 2 N–H and O–H groups in total. The third kappa shape index (κ3) is 5.68. The lowest BCUT2D eigenvalue weighted by Gasteiger charge is -2.22. The zero-order chi connectivity index (χ0) is 18.4. The van der Waals surface area contributed by atoms with Crippen LogP contribution in [0.1, 0.15) is 54.7 Å². The van der Waals surface area contributed by atoms with Gasteiger partial charge in [-0.15, -0.1) is 17.5 Å². The SMILES string of the molecule is CC(C)c1ccccc1OCCNC(=O)c1cn(C2CCNCC2)nn1.Cl. The lowest BCUT2D eigenvalue weighted by molar-refractivity contribution is 0.0942. The second kappa shape index (κ2) is 10.3. The number of amides is 1. The molecule has 1 fully saturated rings. The Balaban J connectivity index is 0.00000261. The van der Waals surface area contributed by atoms with E-state index in [0.717, 1.165) is 31.7 Å². The normalized spacial score (nSPS) is 14.6. The van der Waals surface area contributed by atoms with E-state index in [1.54, 1.807) is 6.20 Å². The van der Waals surface area contributed by atoms with E-state index in [-0.39, 0.29) is 18.3 Å². The maximum atomic E-state index is 12.2. The molecule has 1 aromatic carbocycles.